The van der Waals surface area contributed by atoms with Crippen LogP contribution in [0, 0.1) is 13.8 Å². The highest BCUT2D eigenvalue weighted by atomic mass is 16.5. The first-order chi connectivity index (χ1) is 25.1. The Balaban J connectivity index is 1.63. The first kappa shape index (κ1) is 37.0. The van der Waals surface area contributed by atoms with Crippen molar-refractivity contribution in [3.63, 3.8) is 0 Å². The molecule has 0 bridgehead atoms. The molecule has 2 aliphatic carbocycles. The predicted octanol–water partition coefficient (Wildman–Crippen LogP) is 9.46. The van der Waals surface area contributed by atoms with Crippen molar-refractivity contribution in [1.82, 2.24) is 0 Å². The van der Waals surface area contributed by atoms with Crippen molar-refractivity contribution in [1.29, 1.82) is 0 Å². The molecule has 2 unspecified atom stereocenters. The van der Waals surface area contributed by atoms with Gasteiger partial charge in [0.05, 0.1) is 22.3 Å². The number of allylic oxidation sites excluding steroid dienone is 5. The summed E-state index contributed by atoms with van der Waals surface area (Å²) in [6.07, 6.45) is 7.74. The van der Waals surface area contributed by atoms with Gasteiger partial charge in [-0.05, 0) is 131 Å². The summed E-state index contributed by atoms with van der Waals surface area (Å²) >= 11 is 0. The number of benzene rings is 4. The number of aryl methyl sites for hydroxylation is 2. The van der Waals surface area contributed by atoms with E-state index in [9.17, 15) is 35.1 Å². The van der Waals surface area contributed by atoms with Gasteiger partial charge in [0, 0.05) is 23.5 Å². The van der Waals surface area contributed by atoms with Crippen LogP contribution >= 0.6 is 0 Å². The molecule has 0 saturated heterocycles. The molecular weight excluding hydrogens is 668 g/mol. The van der Waals surface area contributed by atoms with E-state index in [1.165, 1.54) is 29.8 Å². The van der Waals surface area contributed by atoms with Gasteiger partial charge in [-0.15, -0.1) is 0 Å². The van der Waals surface area contributed by atoms with Gasteiger partial charge in [0.1, 0.15) is 41.1 Å². The van der Waals surface area contributed by atoms with Crippen molar-refractivity contribution < 1.29 is 39.9 Å². The van der Waals surface area contributed by atoms with Crippen LogP contribution in [0.3, 0.4) is 0 Å². The number of ether oxygens (including phenoxy) is 1. The average Bonchev–Trinajstić information content (AvgIpc) is 3.04. The summed E-state index contributed by atoms with van der Waals surface area (Å²) in [6.45, 7) is 13.7. The van der Waals surface area contributed by atoms with Crippen molar-refractivity contribution in [2.24, 2.45) is 0 Å². The summed E-state index contributed by atoms with van der Waals surface area (Å²) in [4.78, 5) is 28.6. The number of hydrogen-bond donors (Lipinski definition) is 5. The van der Waals surface area contributed by atoms with E-state index in [-0.39, 0.29) is 69.4 Å². The van der Waals surface area contributed by atoms with E-state index >= 15 is 0 Å². The zero-order valence-corrected chi connectivity index (χ0v) is 31.2. The lowest BCUT2D eigenvalue weighted by atomic mass is 9.63. The van der Waals surface area contributed by atoms with Crippen LogP contribution in [0.15, 0.2) is 77.4 Å². The first-order valence-electron chi connectivity index (χ1n) is 17.8. The number of carbonyl (C=O) groups excluding carboxylic acids is 2. The zero-order chi connectivity index (χ0) is 38.5. The quantitative estimate of drug-likeness (QED) is 0.108. The number of phenols is 5. The Morgan fingerprint density at radius 1 is 0.604 bits per heavy atom. The maximum absolute atomic E-state index is 14.4. The maximum atomic E-state index is 14.4. The highest BCUT2D eigenvalue weighted by Crippen LogP contribution is 2.57. The van der Waals surface area contributed by atoms with Gasteiger partial charge in [-0.2, -0.15) is 0 Å². The molecule has 0 saturated carbocycles. The molecule has 0 aliphatic heterocycles. The number of phenolic OH excluding ortho intramolecular Hbond substituents is 5. The summed E-state index contributed by atoms with van der Waals surface area (Å²) in [5.41, 5.74) is 6.17. The van der Waals surface area contributed by atoms with E-state index in [2.05, 4.69) is 6.08 Å². The van der Waals surface area contributed by atoms with E-state index in [1.807, 2.05) is 46.8 Å². The highest BCUT2D eigenvalue weighted by Gasteiger charge is 2.46. The van der Waals surface area contributed by atoms with Crippen molar-refractivity contribution in [3.05, 3.63) is 139 Å². The lowest BCUT2D eigenvalue weighted by Gasteiger charge is -2.39. The molecule has 0 amide bonds. The Bertz CT molecular complexity index is 2280. The van der Waals surface area contributed by atoms with Crippen LogP contribution in [-0.2, 0) is 6.42 Å². The Hall–Kier alpha value is -5.76. The van der Waals surface area contributed by atoms with Crippen LogP contribution in [0.1, 0.15) is 130 Å². The Morgan fingerprint density at radius 3 is 1.64 bits per heavy atom. The van der Waals surface area contributed by atoms with Gasteiger partial charge in [-0.3, -0.25) is 9.59 Å². The van der Waals surface area contributed by atoms with Gasteiger partial charge in [-0.1, -0.05) is 41.0 Å². The summed E-state index contributed by atoms with van der Waals surface area (Å²) in [5.74, 6) is -4.14. The number of aromatic hydroxyl groups is 5. The average molecular weight is 715 g/mol. The molecule has 0 fully saturated rings. The molecule has 2 atom stereocenters. The van der Waals surface area contributed by atoms with Gasteiger partial charge in [-0.25, -0.2) is 0 Å². The minimum atomic E-state index is -0.894. The number of rotatable bonds is 9. The second-order valence-corrected chi connectivity index (χ2v) is 14.9. The standard InChI is InChI=1S/C45H46O8/c1-22(2)9-8-10-24(5)11-12-28-33(46)21-32-38(30-16-26(7)18-35(48)40(30)45(52)42(32)43(28)50)37-29-15-25(6)17-34(47)39(29)44(51)41-31(37)19-27(20-36(41)49)53-14-13-23(3)4/h9,11,13,15-21,37-38,46-50H,8,10,12,14H2,1-7H3/b24-11-. The summed E-state index contributed by atoms with van der Waals surface area (Å²) in [5, 5.41) is 57.6. The fourth-order valence-corrected chi connectivity index (χ4v) is 7.75. The van der Waals surface area contributed by atoms with Crippen molar-refractivity contribution in [2.75, 3.05) is 6.61 Å². The Morgan fingerprint density at radius 2 is 1.09 bits per heavy atom. The van der Waals surface area contributed by atoms with Crippen LogP contribution in [0.2, 0.25) is 0 Å². The normalized spacial score (nSPS) is 15.9. The van der Waals surface area contributed by atoms with E-state index in [4.69, 9.17) is 4.74 Å². The van der Waals surface area contributed by atoms with Crippen LogP contribution in [-0.4, -0.2) is 43.7 Å². The summed E-state index contributed by atoms with van der Waals surface area (Å²) < 4.78 is 6.02. The third kappa shape index (κ3) is 6.81. The van der Waals surface area contributed by atoms with Crippen molar-refractivity contribution in [3.8, 4) is 34.5 Å². The lowest BCUT2D eigenvalue weighted by Crippen LogP contribution is -2.30. The third-order valence-corrected chi connectivity index (χ3v) is 10.2. The van der Waals surface area contributed by atoms with E-state index in [0.29, 0.717) is 33.6 Å². The molecule has 0 radical (unpaired) electrons. The first-order valence-corrected chi connectivity index (χ1v) is 17.8. The lowest BCUT2D eigenvalue weighted by molar-refractivity contribution is 0.101. The molecule has 5 N–H and O–H groups in total. The molecular formula is C45H46O8. The number of ketones is 2. The molecule has 4 aromatic rings. The van der Waals surface area contributed by atoms with Gasteiger partial charge in [0.15, 0.2) is 0 Å². The Labute approximate surface area is 310 Å². The highest BCUT2D eigenvalue weighted by molar-refractivity contribution is 6.18. The van der Waals surface area contributed by atoms with Gasteiger partial charge < -0.3 is 30.3 Å². The van der Waals surface area contributed by atoms with Crippen LogP contribution in [0.5, 0.6) is 34.5 Å². The molecule has 274 valence electrons. The second-order valence-electron chi connectivity index (χ2n) is 14.9. The van der Waals surface area contributed by atoms with Crippen molar-refractivity contribution >= 4 is 11.6 Å². The number of fused-ring (bicyclic) bond motifs is 4. The largest absolute Gasteiger partial charge is 0.508 e. The molecule has 53 heavy (non-hydrogen) atoms. The molecule has 0 spiro atoms. The molecule has 4 aromatic carbocycles. The van der Waals surface area contributed by atoms with Crippen LogP contribution in [0.4, 0.5) is 0 Å². The smallest absolute Gasteiger partial charge is 0.201 e. The number of carbonyl (C=O) groups is 2. The van der Waals surface area contributed by atoms with Crippen LogP contribution < -0.4 is 4.74 Å². The summed E-state index contributed by atoms with van der Waals surface area (Å²) in [7, 11) is 0. The van der Waals surface area contributed by atoms with E-state index in [0.717, 1.165) is 24.0 Å². The zero-order valence-electron chi connectivity index (χ0n) is 31.2. The van der Waals surface area contributed by atoms with Crippen LogP contribution in [0.25, 0.3) is 0 Å². The molecule has 8 nitrogen and oxygen atoms in total. The molecule has 0 aromatic heterocycles. The topological polar surface area (TPSA) is 145 Å². The summed E-state index contributed by atoms with van der Waals surface area (Å²) in [6, 6.07) is 11.1. The number of hydrogen-bond acceptors (Lipinski definition) is 8. The van der Waals surface area contributed by atoms with E-state index < -0.39 is 29.2 Å². The molecule has 6 rings (SSSR count). The fraction of sp³-hybridized carbons (Fsp3) is 0.289. The SMILES string of the molecule is CC(C)=CCC/C(C)=C\Cc1c(O)cc2c(c1O)C(=O)c1c(O)cc(C)cc1C2C1c2cc(C)cc(O)c2C(=O)c2c(O)cc(OCC=C(C)C)cc21. The van der Waals surface area contributed by atoms with Gasteiger partial charge in [0.25, 0.3) is 0 Å². The molecule has 8 heteroatoms. The molecule has 0 heterocycles. The minimum Gasteiger partial charge on any atom is -0.508 e. The third-order valence-electron chi connectivity index (χ3n) is 10.2. The molecule has 2 aliphatic rings. The predicted molar refractivity (Wildman–Crippen MR) is 205 cm³/mol. The van der Waals surface area contributed by atoms with Gasteiger partial charge in [0.2, 0.25) is 11.6 Å². The fourth-order valence-electron chi connectivity index (χ4n) is 7.75. The minimum absolute atomic E-state index is 0.00253. The van der Waals surface area contributed by atoms with Gasteiger partial charge >= 0.3 is 0 Å². The van der Waals surface area contributed by atoms with E-state index in [1.54, 1.807) is 32.0 Å². The monoisotopic (exact) mass is 714 g/mol. The second kappa shape index (κ2) is 14.3. The Kier molecular flexibility index (Phi) is 10.0. The maximum Gasteiger partial charge on any atom is 0.201 e. The van der Waals surface area contributed by atoms with Crippen molar-refractivity contribution in [2.45, 2.75) is 79.6 Å².